The molecule has 1 spiro atoms. The molecule has 3 aromatic heterocycles. The van der Waals surface area contributed by atoms with Gasteiger partial charge in [-0.25, -0.2) is 8.93 Å². The van der Waals surface area contributed by atoms with E-state index in [0.717, 1.165) is 25.9 Å². The Balaban J connectivity index is 1.42. The molecule has 0 unspecified atom stereocenters. The normalized spacial score (nSPS) is 21.7. The monoisotopic (exact) mass is 556 g/mol. The maximum Gasteiger partial charge on any atom is 0.264 e. The Morgan fingerprint density at radius 3 is 2.77 bits per heavy atom. The van der Waals surface area contributed by atoms with Crippen molar-refractivity contribution >= 4 is 50.6 Å². The van der Waals surface area contributed by atoms with Crippen LogP contribution < -0.4 is 15.2 Å². The second-order valence-electron chi connectivity index (χ2n) is 9.22. The number of nitrogens with zero attached hydrogens (tertiary/aromatic N) is 5. The van der Waals surface area contributed by atoms with Gasteiger partial charge >= 0.3 is 0 Å². The van der Waals surface area contributed by atoms with Crippen LogP contribution in [-0.4, -0.2) is 58.0 Å². The van der Waals surface area contributed by atoms with Crippen molar-refractivity contribution in [3.63, 3.8) is 0 Å². The van der Waals surface area contributed by atoms with Crippen molar-refractivity contribution in [2.75, 3.05) is 18.0 Å². The van der Waals surface area contributed by atoms with Crippen LogP contribution in [0.4, 0.5) is 5.95 Å². The first-order chi connectivity index (χ1) is 14.7. The Hall–Kier alpha value is -1.80. The van der Waals surface area contributed by atoms with Gasteiger partial charge in [-0.3, -0.25) is 19.6 Å². The number of piperidine rings is 1. The van der Waals surface area contributed by atoms with Crippen molar-refractivity contribution in [3.8, 4) is 0 Å². The first-order valence-corrected chi connectivity index (χ1v) is 12.5. The first-order valence-electron chi connectivity index (χ1n) is 10.3. The average molecular weight is 556 g/mol. The van der Waals surface area contributed by atoms with E-state index in [0.29, 0.717) is 27.2 Å². The van der Waals surface area contributed by atoms with Gasteiger partial charge in [0.05, 0.1) is 28.3 Å². The molecular formula is C19H25IN8O2S. The number of anilines is 1. The molecule has 5 heterocycles. The van der Waals surface area contributed by atoms with Gasteiger partial charge in [-0.2, -0.15) is 15.2 Å². The first kappa shape index (κ1) is 21.1. The number of fused-ring (bicyclic) bond motifs is 3. The fourth-order valence-corrected chi connectivity index (χ4v) is 6.16. The number of aromatic amines is 2. The summed E-state index contributed by atoms with van der Waals surface area (Å²) in [5.41, 5.74) is 1.29. The minimum absolute atomic E-state index is 0.0424. The molecule has 166 valence electrons. The summed E-state index contributed by atoms with van der Waals surface area (Å²) in [7, 11) is -1.17. The van der Waals surface area contributed by atoms with E-state index in [1.54, 1.807) is 0 Å². The van der Waals surface area contributed by atoms with Gasteiger partial charge < -0.3 is 4.90 Å². The fraction of sp³-hybridized carbons (Fsp3) is 0.579. The van der Waals surface area contributed by atoms with Crippen molar-refractivity contribution in [2.45, 2.75) is 56.4 Å². The van der Waals surface area contributed by atoms with Crippen molar-refractivity contribution < 1.29 is 4.21 Å². The maximum atomic E-state index is 12.9. The molecule has 31 heavy (non-hydrogen) atoms. The third-order valence-electron chi connectivity index (χ3n) is 6.38. The molecule has 2 aliphatic heterocycles. The zero-order valence-electron chi connectivity index (χ0n) is 17.6. The highest BCUT2D eigenvalue weighted by Crippen LogP contribution is 2.44. The molecule has 3 aromatic rings. The zero-order valence-corrected chi connectivity index (χ0v) is 20.6. The molecule has 12 heteroatoms. The standard InChI is InChI=1S/C19H25IN8O2S/c1-18(2,3)31(30)26-11-10-28-12(4-7-21-28)19(11)5-8-27(9-6-19)17-22-15-13(16(29)23-17)14(20)24-25-15/h4,7,11,26H,5-6,8-10H2,1-3H3,(H2,22,23,24,25,29)/t11-,31+/m1/s1. The summed E-state index contributed by atoms with van der Waals surface area (Å²) in [6.07, 6.45) is 3.53. The van der Waals surface area contributed by atoms with Crippen LogP contribution in [-0.2, 0) is 22.9 Å². The molecule has 0 aliphatic carbocycles. The van der Waals surface area contributed by atoms with Crippen molar-refractivity contribution in [1.29, 1.82) is 0 Å². The predicted octanol–water partition coefficient (Wildman–Crippen LogP) is 1.42. The Labute approximate surface area is 195 Å². The van der Waals surface area contributed by atoms with Crippen LogP contribution >= 0.6 is 22.6 Å². The molecule has 1 saturated heterocycles. The summed E-state index contributed by atoms with van der Waals surface area (Å²) in [6.45, 7) is 8.09. The van der Waals surface area contributed by atoms with Crippen molar-refractivity contribution in [2.24, 2.45) is 0 Å². The Morgan fingerprint density at radius 1 is 1.32 bits per heavy atom. The minimum Gasteiger partial charge on any atom is -0.342 e. The lowest BCUT2D eigenvalue weighted by atomic mass is 9.72. The number of nitrogens with one attached hydrogen (secondary N) is 3. The van der Waals surface area contributed by atoms with Crippen LogP contribution in [0, 0.1) is 3.70 Å². The van der Waals surface area contributed by atoms with E-state index in [-0.39, 0.29) is 21.8 Å². The molecule has 0 aromatic carbocycles. The van der Waals surface area contributed by atoms with Crippen LogP contribution in [0.15, 0.2) is 17.1 Å². The summed E-state index contributed by atoms with van der Waals surface area (Å²) in [5, 5.41) is 11.9. The highest BCUT2D eigenvalue weighted by molar-refractivity contribution is 14.1. The van der Waals surface area contributed by atoms with Gasteiger partial charge in [0.25, 0.3) is 5.56 Å². The third kappa shape index (κ3) is 3.42. The second-order valence-corrected chi connectivity index (χ2v) is 12.3. The van der Waals surface area contributed by atoms with E-state index in [1.807, 2.05) is 31.6 Å². The molecule has 0 saturated carbocycles. The third-order valence-corrected chi connectivity index (χ3v) is 8.77. The number of hydrogen-bond acceptors (Lipinski definition) is 6. The summed E-state index contributed by atoms with van der Waals surface area (Å²) >= 11 is 2.05. The fourth-order valence-electron chi connectivity index (χ4n) is 4.64. The SMILES string of the molecule is CC(C)(C)[S@](=O)N[C@@H]1Cn2nccc2C12CCN(c1nc3n[nH]c(I)c3c(=O)[nH]1)CC2. The molecular weight excluding hydrogens is 531 g/mol. The van der Waals surface area contributed by atoms with Crippen LogP contribution in [0.1, 0.15) is 39.3 Å². The zero-order chi connectivity index (χ0) is 22.0. The number of rotatable bonds is 3. The number of aromatic nitrogens is 6. The summed E-state index contributed by atoms with van der Waals surface area (Å²) in [6, 6.07) is 2.12. The highest BCUT2D eigenvalue weighted by Gasteiger charge is 2.50. The maximum absolute atomic E-state index is 12.9. The molecule has 2 atom stereocenters. The largest absolute Gasteiger partial charge is 0.342 e. The molecule has 10 nitrogen and oxygen atoms in total. The number of halogens is 1. The Kier molecular flexibility index (Phi) is 5.01. The molecule has 1 fully saturated rings. The molecule has 2 aliphatic rings. The van der Waals surface area contributed by atoms with Gasteiger partial charge in [-0.05, 0) is 62.3 Å². The summed E-state index contributed by atoms with van der Waals surface area (Å²) in [5.74, 6) is 0.546. The predicted molar refractivity (Wildman–Crippen MR) is 127 cm³/mol. The molecule has 3 N–H and O–H groups in total. The lowest BCUT2D eigenvalue weighted by Crippen LogP contribution is -2.54. The van der Waals surface area contributed by atoms with Crippen LogP contribution in [0.2, 0.25) is 0 Å². The second kappa shape index (κ2) is 7.37. The van der Waals surface area contributed by atoms with Gasteiger partial charge in [0.2, 0.25) is 5.95 Å². The molecule has 0 radical (unpaired) electrons. The van der Waals surface area contributed by atoms with Gasteiger partial charge in [-0.15, -0.1) is 0 Å². The summed E-state index contributed by atoms with van der Waals surface area (Å²) in [4.78, 5) is 22.1. The number of hydrogen-bond donors (Lipinski definition) is 3. The van der Waals surface area contributed by atoms with Crippen LogP contribution in [0.5, 0.6) is 0 Å². The number of H-pyrrole nitrogens is 2. The van der Waals surface area contributed by atoms with E-state index in [9.17, 15) is 9.00 Å². The highest BCUT2D eigenvalue weighted by atomic mass is 127. The van der Waals surface area contributed by atoms with Crippen LogP contribution in [0.25, 0.3) is 11.0 Å². The molecule has 0 bridgehead atoms. The van der Waals surface area contributed by atoms with Gasteiger partial charge in [0.15, 0.2) is 5.65 Å². The topological polar surface area (TPSA) is 125 Å². The summed E-state index contributed by atoms with van der Waals surface area (Å²) < 4.78 is 18.7. The Morgan fingerprint density at radius 2 is 2.06 bits per heavy atom. The molecule has 0 amide bonds. The minimum atomic E-state index is -1.17. The van der Waals surface area contributed by atoms with Crippen LogP contribution in [0.3, 0.4) is 0 Å². The van der Waals surface area contributed by atoms with Gasteiger partial charge in [0, 0.05) is 30.4 Å². The average Bonchev–Trinajstić information content (AvgIpc) is 3.39. The van der Waals surface area contributed by atoms with Gasteiger partial charge in [0.1, 0.15) is 9.09 Å². The lowest BCUT2D eigenvalue weighted by molar-refractivity contribution is 0.277. The smallest absolute Gasteiger partial charge is 0.264 e. The quantitative estimate of drug-likeness (QED) is 0.420. The van der Waals surface area contributed by atoms with E-state index < -0.39 is 11.0 Å². The van der Waals surface area contributed by atoms with E-state index >= 15 is 0 Å². The molecule has 5 rings (SSSR count). The van der Waals surface area contributed by atoms with E-state index in [4.69, 9.17) is 0 Å². The van der Waals surface area contributed by atoms with Crippen molar-refractivity contribution in [1.82, 2.24) is 34.7 Å². The van der Waals surface area contributed by atoms with E-state index in [1.165, 1.54) is 5.69 Å². The Bertz CT molecular complexity index is 1220. The lowest BCUT2D eigenvalue weighted by Gasteiger charge is -2.43. The van der Waals surface area contributed by atoms with Gasteiger partial charge in [-0.1, -0.05) is 0 Å². The van der Waals surface area contributed by atoms with E-state index in [2.05, 4.69) is 63.5 Å². The van der Waals surface area contributed by atoms with Crippen molar-refractivity contribution in [3.05, 3.63) is 32.0 Å².